The van der Waals surface area contributed by atoms with Crippen molar-refractivity contribution in [2.75, 3.05) is 87.3 Å². The number of hydrogen-bond acceptors (Lipinski definition) is 16. The number of ether oxygens (including phenoxy) is 4. The zero-order chi connectivity index (χ0) is 92.1. The van der Waals surface area contributed by atoms with E-state index in [9.17, 15) is 55.9 Å². The number of hydrogen-bond donors (Lipinski definition) is 10. The summed E-state index contributed by atoms with van der Waals surface area (Å²) in [5, 5.41) is 47.9. The van der Waals surface area contributed by atoms with Gasteiger partial charge in [0.05, 0.1) is 143 Å². The second kappa shape index (κ2) is 45.8. The lowest BCUT2D eigenvalue weighted by Crippen LogP contribution is -2.42. The van der Waals surface area contributed by atoms with E-state index in [0.29, 0.717) is 125 Å². The molecule has 6 heterocycles. The molecule has 676 valence electrons. The highest BCUT2D eigenvalue weighted by atomic mass is 19.1. The first-order valence-electron chi connectivity index (χ1n) is 42.9. The fraction of sp³-hybridized carbons (Fsp3) is 0.253. The van der Waals surface area contributed by atoms with Crippen molar-refractivity contribution in [2.24, 2.45) is 5.92 Å². The Morgan fingerprint density at radius 3 is 0.924 bits per heavy atom. The maximum Gasteiger partial charge on any atom is 0.255 e. The largest absolute Gasteiger partial charge is 0.495 e. The Labute approximate surface area is 752 Å². The molecule has 0 spiro atoms. The molecule has 10 N–H and O–H groups in total. The molecule has 0 atom stereocenters. The van der Waals surface area contributed by atoms with Gasteiger partial charge in [-0.1, -0.05) is 122 Å². The predicted octanol–water partition coefficient (Wildman–Crippen LogP) is 15.1. The summed E-state index contributed by atoms with van der Waals surface area (Å²) in [5.74, 6) is -1.52. The smallest absolute Gasteiger partial charge is 0.255 e. The van der Waals surface area contributed by atoms with Crippen molar-refractivity contribution in [1.29, 1.82) is 0 Å². The Balaban J connectivity index is 0.000000149. The van der Waals surface area contributed by atoms with Crippen molar-refractivity contribution in [3.63, 3.8) is 0 Å². The first kappa shape index (κ1) is 93.1. The van der Waals surface area contributed by atoms with Crippen molar-refractivity contribution in [3.8, 4) is 23.0 Å². The number of amides is 8. The molecule has 1 saturated carbocycles. The van der Waals surface area contributed by atoms with Crippen molar-refractivity contribution in [3.05, 3.63) is 272 Å². The van der Waals surface area contributed by atoms with Gasteiger partial charge in [0.15, 0.2) is 0 Å². The van der Waals surface area contributed by atoms with Crippen LogP contribution in [-0.4, -0.2) is 185 Å². The van der Waals surface area contributed by atoms with Crippen molar-refractivity contribution < 1.29 is 74.9 Å². The van der Waals surface area contributed by atoms with Crippen LogP contribution in [0.15, 0.2) is 176 Å². The van der Waals surface area contributed by atoms with E-state index < -0.39 is 11.8 Å². The number of carbonyl (C=O) groups is 8. The van der Waals surface area contributed by atoms with Gasteiger partial charge in [-0.3, -0.25) is 58.8 Å². The van der Waals surface area contributed by atoms with E-state index in [-0.39, 0.29) is 90.5 Å². The summed E-state index contributed by atoms with van der Waals surface area (Å²) < 4.78 is 74.8. The van der Waals surface area contributed by atoms with E-state index in [0.717, 1.165) is 98.9 Å². The molecule has 2 saturated heterocycles. The second-order valence-electron chi connectivity index (χ2n) is 31.1. The van der Waals surface area contributed by atoms with Crippen LogP contribution in [0.25, 0.3) is 92.2 Å². The summed E-state index contributed by atoms with van der Waals surface area (Å²) in [6, 6.07) is 47.3. The first-order valence-corrected chi connectivity index (χ1v) is 42.9. The van der Waals surface area contributed by atoms with Gasteiger partial charge in [-0.15, -0.1) is 0 Å². The van der Waals surface area contributed by atoms with E-state index in [4.69, 9.17) is 18.9 Å². The van der Waals surface area contributed by atoms with Gasteiger partial charge in [0.2, 0.25) is 23.6 Å². The maximum absolute atomic E-state index is 13.1. The van der Waals surface area contributed by atoms with Gasteiger partial charge in [-0.2, -0.15) is 20.4 Å². The highest BCUT2D eigenvalue weighted by Crippen LogP contribution is 2.37. The number of aromatic nitrogens is 8. The molecule has 0 unspecified atom stereocenters. The predicted molar refractivity (Wildman–Crippen MR) is 495 cm³/mol. The third kappa shape index (κ3) is 24.8. The topological polar surface area (TPSA) is 367 Å². The van der Waals surface area contributed by atoms with Crippen molar-refractivity contribution in [2.45, 2.75) is 70.8 Å². The zero-order valence-corrected chi connectivity index (χ0v) is 72.7. The SMILES string of the molecule is COc1c(C(=O)NCC(=O)N2CCCC2)ccc2n[nH]c(/C=C/c3ccc(F)cc3)c12.COc1c(C(=O)NCC(=O)N2CCCCC2)ccc2n[nH]c(/C=C/c3ccc(F)cc3)c12.COc1c(C(=O)NCC(=O)NCC2CCCCC2)ccc2n[nH]c(/C=C/c3ccc(F)cc3)c12.COc1c(C(=O)NCC(=O)NCc2ccccc2)ccc2n[nH]c(/C=C/c3ccc(F)cc3)c12. The number of nitrogens with zero attached hydrogens (tertiary/aromatic N) is 6. The lowest BCUT2D eigenvalue weighted by molar-refractivity contribution is -0.131. The molecular weight excluding hydrogens is 1680 g/mol. The third-order valence-corrected chi connectivity index (χ3v) is 22.3. The number of piperidine rings is 1. The molecule has 13 aromatic rings. The minimum atomic E-state index is -0.441. The van der Waals surface area contributed by atoms with Crippen LogP contribution >= 0.6 is 0 Å². The summed E-state index contributed by atoms with van der Waals surface area (Å²) in [6.45, 7) is 3.61. The number of nitrogens with one attached hydrogen (secondary N) is 10. The highest BCUT2D eigenvalue weighted by Gasteiger charge is 2.27. The van der Waals surface area contributed by atoms with Gasteiger partial charge < -0.3 is 60.6 Å². The Hall–Kier alpha value is -15.5. The summed E-state index contributed by atoms with van der Waals surface area (Å²) >= 11 is 0. The fourth-order valence-electron chi connectivity index (χ4n) is 15.4. The average molecular weight is 1780 g/mol. The molecule has 131 heavy (non-hydrogen) atoms. The Bertz CT molecular complexity index is 6310. The zero-order valence-electron chi connectivity index (χ0n) is 72.7. The van der Waals surface area contributed by atoms with E-state index >= 15 is 0 Å². The van der Waals surface area contributed by atoms with Crippen LogP contribution in [0.3, 0.4) is 0 Å². The average Bonchev–Trinajstić information content (AvgIpc) is 1.66. The normalized spacial score (nSPS) is 13.3. The molecule has 0 bridgehead atoms. The van der Waals surface area contributed by atoms with Gasteiger partial charge in [0.1, 0.15) is 46.3 Å². The molecule has 3 aliphatic rings. The minimum Gasteiger partial charge on any atom is -0.495 e. The van der Waals surface area contributed by atoms with Gasteiger partial charge in [0, 0.05) is 39.3 Å². The molecule has 1 aliphatic carbocycles. The standard InChI is InChI=1S/C26H29FN4O3.C26H23FN4O3.C24H25FN4O3.C23H23FN4O3/c2*1-34-25-20(26(33)29-16-23(32)28-15-18-5-3-2-4-6-18)12-14-22-24(25)21(30-31-22)13-9-17-7-10-19(27)11-8-17;1-32-23-18(24(31)26-15-21(30)29-13-3-2-4-14-29)10-12-20-22(23)19(27-28-20)11-7-16-5-8-17(25)9-6-16;1-31-22-17(23(30)25-14-20(29)28-12-2-3-13-28)9-11-19-21(22)18(26-27-19)10-6-15-4-7-16(24)8-5-15/h7-14,18H,2-6,15-16H2,1H3,(H,28,32)(H,29,33)(H,30,31);2-14H,15-16H2,1H3,(H,28,32)(H,29,33)(H,30,31);5-12H,2-4,13-15H2,1H3,(H,26,31)(H,27,28);4-11H,2-3,12-14H2,1H3,(H,25,30)(H,26,27)/b2*13-9+;11-7+;10-6+. The lowest BCUT2D eigenvalue weighted by atomic mass is 9.89. The molecule has 16 rings (SSSR count). The summed E-state index contributed by atoms with van der Waals surface area (Å²) in [4.78, 5) is 104. The van der Waals surface area contributed by atoms with Crippen LogP contribution < -0.4 is 50.8 Å². The van der Waals surface area contributed by atoms with E-state index in [1.165, 1.54) is 96.2 Å². The van der Waals surface area contributed by atoms with E-state index in [1.54, 1.807) is 137 Å². The molecule has 32 heteroatoms. The van der Waals surface area contributed by atoms with Crippen molar-refractivity contribution in [1.82, 2.24) is 82.5 Å². The number of likely N-dealkylation sites (tertiary alicyclic amines) is 2. The van der Waals surface area contributed by atoms with Crippen LogP contribution in [0.1, 0.15) is 156 Å². The van der Waals surface area contributed by atoms with Gasteiger partial charge in [-0.25, -0.2) is 17.6 Å². The summed E-state index contributed by atoms with van der Waals surface area (Å²) in [5.41, 5.74) is 10.6. The molecule has 4 aromatic heterocycles. The highest BCUT2D eigenvalue weighted by molar-refractivity contribution is 6.10. The number of benzene rings is 9. The molecule has 3 fully saturated rings. The number of methoxy groups -OCH3 is 4. The number of rotatable bonds is 28. The van der Waals surface area contributed by atoms with E-state index in [2.05, 4.69) is 72.7 Å². The number of aromatic amines is 4. The fourth-order valence-corrected chi connectivity index (χ4v) is 15.4. The summed E-state index contributed by atoms with van der Waals surface area (Å²) in [6.07, 6.45) is 25.5. The minimum absolute atomic E-state index is 0.0528. The number of H-pyrrole nitrogens is 4. The van der Waals surface area contributed by atoms with Crippen molar-refractivity contribution >= 4 is 139 Å². The summed E-state index contributed by atoms with van der Waals surface area (Å²) in [7, 11) is 5.94. The van der Waals surface area contributed by atoms with Crippen LogP contribution in [0, 0.1) is 29.2 Å². The molecule has 2 aliphatic heterocycles. The number of halogens is 4. The molecular formula is C99H100F4N16O12. The van der Waals surface area contributed by atoms with Crippen LogP contribution in [0.5, 0.6) is 23.0 Å². The second-order valence-corrected chi connectivity index (χ2v) is 31.1. The molecule has 28 nitrogen and oxygen atoms in total. The van der Waals surface area contributed by atoms with Crippen LogP contribution in [0.4, 0.5) is 17.6 Å². The Morgan fingerprint density at radius 2 is 0.618 bits per heavy atom. The van der Waals surface area contributed by atoms with Gasteiger partial charge in [-0.05, 0) is 200 Å². The van der Waals surface area contributed by atoms with E-state index in [1.807, 2.05) is 48.6 Å². The molecule has 0 radical (unpaired) electrons. The number of carbonyl (C=O) groups excluding carboxylic acids is 8. The lowest BCUT2D eigenvalue weighted by Gasteiger charge is -2.26. The van der Waals surface area contributed by atoms with Crippen LogP contribution in [0.2, 0.25) is 0 Å². The maximum atomic E-state index is 13.1. The Morgan fingerprint density at radius 1 is 0.336 bits per heavy atom. The quantitative estimate of drug-likeness (QED) is 0.0204. The Kier molecular flexibility index (Phi) is 32.6. The van der Waals surface area contributed by atoms with Crippen LogP contribution in [-0.2, 0) is 25.7 Å². The monoisotopic (exact) mass is 1780 g/mol. The third-order valence-electron chi connectivity index (χ3n) is 22.3. The molecule has 8 amide bonds. The number of fused-ring (bicyclic) bond motifs is 4. The first-order chi connectivity index (χ1) is 63.7. The van der Waals surface area contributed by atoms with Gasteiger partial charge >= 0.3 is 0 Å². The molecule has 9 aromatic carbocycles. The van der Waals surface area contributed by atoms with Gasteiger partial charge in [0.25, 0.3) is 23.6 Å².